The third-order valence-electron chi connectivity index (χ3n) is 5.99. The SMILES string of the molecule is CC(=O)[N+](O)(O[NH])C(c1ccc(OCc2nc3ccccc3o2)cc1)C1CCCCC1. The van der Waals surface area contributed by atoms with Crippen LogP contribution in [0.5, 0.6) is 5.75 Å². The largest absolute Gasteiger partial charge is 0.484 e. The molecule has 3 aromatic rings. The highest BCUT2D eigenvalue weighted by Gasteiger charge is 2.50. The molecule has 1 heterocycles. The summed E-state index contributed by atoms with van der Waals surface area (Å²) < 4.78 is 11.5. The van der Waals surface area contributed by atoms with Gasteiger partial charge in [-0.25, -0.2) is 9.78 Å². The van der Waals surface area contributed by atoms with Gasteiger partial charge >= 0.3 is 5.91 Å². The van der Waals surface area contributed by atoms with Crippen molar-refractivity contribution in [1.29, 1.82) is 0 Å². The van der Waals surface area contributed by atoms with Crippen molar-refractivity contribution in [2.24, 2.45) is 5.92 Å². The molecule has 0 spiro atoms. The minimum Gasteiger partial charge on any atom is -0.484 e. The van der Waals surface area contributed by atoms with Crippen LogP contribution in [0.1, 0.15) is 56.5 Å². The van der Waals surface area contributed by atoms with Crippen LogP contribution in [0.4, 0.5) is 0 Å². The van der Waals surface area contributed by atoms with Crippen molar-refractivity contribution < 1.29 is 28.9 Å². The van der Waals surface area contributed by atoms with Gasteiger partial charge in [0.2, 0.25) is 5.89 Å². The molecule has 0 bridgehead atoms. The van der Waals surface area contributed by atoms with Crippen molar-refractivity contribution in [2.45, 2.75) is 51.7 Å². The molecule has 31 heavy (non-hydrogen) atoms. The van der Waals surface area contributed by atoms with Crippen molar-refractivity contribution in [3.63, 3.8) is 0 Å². The summed E-state index contributed by atoms with van der Waals surface area (Å²) in [6.07, 6.45) is 4.94. The Balaban J connectivity index is 1.52. The Kier molecular flexibility index (Phi) is 6.33. The Morgan fingerprint density at radius 1 is 1.19 bits per heavy atom. The molecule has 1 aromatic heterocycles. The number of fused-ring (bicyclic) bond motifs is 1. The zero-order chi connectivity index (χ0) is 21.8. The minimum atomic E-state index is -1.38. The van der Waals surface area contributed by atoms with Gasteiger partial charge in [0.1, 0.15) is 11.3 Å². The number of ether oxygens (including phenoxy) is 1. The maximum Gasteiger partial charge on any atom is 0.378 e. The lowest BCUT2D eigenvalue weighted by atomic mass is 9.80. The van der Waals surface area contributed by atoms with Crippen LogP contribution in [0.25, 0.3) is 11.1 Å². The molecule has 2 N–H and O–H groups in total. The van der Waals surface area contributed by atoms with Crippen LogP contribution in [0, 0.1) is 5.92 Å². The number of nitrogens with zero attached hydrogens (tertiary/aromatic N) is 2. The van der Waals surface area contributed by atoms with Gasteiger partial charge < -0.3 is 9.15 Å². The number of benzene rings is 2. The van der Waals surface area contributed by atoms with Crippen molar-refractivity contribution in [3.8, 4) is 5.75 Å². The molecule has 8 nitrogen and oxygen atoms in total. The summed E-state index contributed by atoms with van der Waals surface area (Å²) in [5.74, 6) is 7.90. The van der Waals surface area contributed by atoms with Gasteiger partial charge in [-0.1, -0.05) is 31.4 Å². The van der Waals surface area contributed by atoms with Crippen molar-refractivity contribution in [3.05, 3.63) is 60.0 Å². The zero-order valence-corrected chi connectivity index (χ0v) is 17.5. The fourth-order valence-electron chi connectivity index (χ4n) is 4.41. The quantitative estimate of drug-likeness (QED) is 0.327. The molecular weight excluding hydrogens is 398 g/mol. The van der Waals surface area contributed by atoms with E-state index < -0.39 is 16.8 Å². The Morgan fingerprint density at radius 3 is 2.55 bits per heavy atom. The number of nitrogens with one attached hydrogen (secondary N) is 1. The average molecular weight is 425 g/mol. The maximum absolute atomic E-state index is 12.2. The number of carbonyl (C=O) groups is 1. The number of hydroxylamine groups is 4. The van der Waals surface area contributed by atoms with Gasteiger partial charge in [-0.15, -0.1) is 0 Å². The van der Waals surface area contributed by atoms with Crippen molar-refractivity contribution >= 4 is 17.0 Å². The maximum atomic E-state index is 12.2. The average Bonchev–Trinajstić information content (AvgIpc) is 3.22. The number of hydrogen-bond donors (Lipinski definition) is 1. The van der Waals surface area contributed by atoms with Crippen LogP contribution < -0.4 is 10.6 Å². The van der Waals surface area contributed by atoms with E-state index in [1.54, 1.807) is 12.1 Å². The minimum absolute atomic E-state index is 0.0412. The summed E-state index contributed by atoms with van der Waals surface area (Å²) in [6.45, 7) is 1.42. The summed E-state index contributed by atoms with van der Waals surface area (Å²) in [4.78, 5) is 19.8. The zero-order valence-electron chi connectivity index (χ0n) is 17.5. The molecule has 2 atom stereocenters. The van der Waals surface area contributed by atoms with Crippen LogP contribution in [-0.2, 0) is 16.3 Å². The molecule has 2 aromatic carbocycles. The molecule has 1 amide bonds. The number of rotatable bonds is 7. The van der Waals surface area contributed by atoms with Crippen LogP contribution in [0.15, 0.2) is 52.9 Å². The molecule has 8 heteroatoms. The number of hydrogen-bond acceptors (Lipinski definition) is 6. The lowest BCUT2D eigenvalue weighted by Crippen LogP contribution is -2.53. The molecular formula is C23H27N3O5+. The molecule has 2 unspecified atom stereocenters. The lowest BCUT2D eigenvalue weighted by molar-refractivity contribution is -1.22. The highest BCUT2D eigenvalue weighted by molar-refractivity contribution is 5.72. The third kappa shape index (κ3) is 4.47. The molecule has 1 aliphatic rings. The number of oxazole rings is 1. The van der Waals surface area contributed by atoms with Gasteiger partial charge in [-0.2, -0.15) is 5.21 Å². The Morgan fingerprint density at radius 2 is 1.90 bits per heavy atom. The molecule has 4 rings (SSSR count). The van der Waals surface area contributed by atoms with E-state index in [2.05, 4.69) is 9.92 Å². The normalized spacial score (nSPS) is 17.9. The van der Waals surface area contributed by atoms with Crippen molar-refractivity contribution in [2.75, 3.05) is 0 Å². The summed E-state index contributed by atoms with van der Waals surface area (Å²) in [5, 5.41) is 10.9. The fraction of sp³-hybridized carbons (Fsp3) is 0.391. The predicted octanol–water partition coefficient (Wildman–Crippen LogP) is 4.91. The van der Waals surface area contributed by atoms with Gasteiger partial charge in [0.05, 0.1) is 6.92 Å². The molecule has 1 saturated carbocycles. The van der Waals surface area contributed by atoms with Gasteiger partial charge in [0.15, 0.2) is 18.2 Å². The summed E-state index contributed by atoms with van der Waals surface area (Å²) in [6, 6.07) is 14.0. The number of quaternary nitrogens is 1. The molecule has 1 radical (unpaired) electrons. The summed E-state index contributed by atoms with van der Waals surface area (Å²) in [5.41, 5.74) is 2.22. The fourth-order valence-corrected chi connectivity index (χ4v) is 4.41. The highest BCUT2D eigenvalue weighted by Crippen LogP contribution is 2.42. The standard InChI is InChI=1S/C23H27N3O5/c1-16(27)26(28,31-24)23(17-7-3-2-4-8-17)18-11-13-19(14-12-18)29-15-22-25-20-9-5-6-10-21(20)30-22/h5-6,9-14,17,23-24,28H,2-4,7-8,15H2,1H3/q+1. The second-order valence-electron chi connectivity index (χ2n) is 8.01. The lowest BCUT2D eigenvalue weighted by Gasteiger charge is -2.36. The first kappa shape index (κ1) is 21.5. The first-order chi connectivity index (χ1) is 15.0. The molecule has 1 fully saturated rings. The van der Waals surface area contributed by atoms with E-state index in [1.165, 1.54) is 6.92 Å². The number of carbonyl (C=O) groups excluding carboxylic acids is 1. The Bertz CT molecular complexity index is 996. The number of aromatic nitrogens is 1. The van der Waals surface area contributed by atoms with Crippen LogP contribution in [-0.4, -0.2) is 20.9 Å². The first-order valence-corrected chi connectivity index (χ1v) is 10.6. The first-order valence-electron chi connectivity index (χ1n) is 10.6. The smallest absolute Gasteiger partial charge is 0.378 e. The van der Waals surface area contributed by atoms with Gasteiger partial charge in [-0.3, -0.25) is 0 Å². The van der Waals surface area contributed by atoms with Gasteiger partial charge in [0, 0.05) is 16.3 Å². The highest BCUT2D eigenvalue weighted by atomic mass is 17.0. The van der Waals surface area contributed by atoms with E-state index in [0.29, 0.717) is 17.2 Å². The van der Waals surface area contributed by atoms with Crippen molar-refractivity contribution in [1.82, 2.24) is 10.9 Å². The van der Waals surface area contributed by atoms with E-state index >= 15 is 0 Å². The van der Waals surface area contributed by atoms with Crippen LogP contribution >= 0.6 is 0 Å². The molecule has 163 valence electrons. The third-order valence-corrected chi connectivity index (χ3v) is 5.99. The molecule has 1 aliphatic carbocycles. The summed E-state index contributed by atoms with van der Waals surface area (Å²) >= 11 is 0. The Labute approximate surface area is 180 Å². The van der Waals surface area contributed by atoms with E-state index in [0.717, 1.165) is 43.2 Å². The second kappa shape index (κ2) is 9.15. The molecule has 0 saturated heterocycles. The predicted molar refractivity (Wildman–Crippen MR) is 111 cm³/mol. The van der Waals surface area contributed by atoms with E-state index in [4.69, 9.17) is 15.1 Å². The summed E-state index contributed by atoms with van der Waals surface area (Å²) in [7, 11) is 0. The topological polar surface area (TPSA) is 106 Å². The Hall–Kier alpha value is -2.78. The van der Waals surface area contributed by atoms with Gasteiger partial charge in [-0.05, 0) is 60.1 Å². The van der Waals surface area contributed by atoms with E-state index in [9.17, 15) is 10.0 Å². The van der Waals surface area contributed by atoms with Crippen LogP contribution in [0.3, 0.4) is 0 Å². The second-order valence-corrected chi connectivity index (χ2v) is 8.01. The van der Waals surface area contributed by atoms with Crippen LogP contribution in [0.2, 0.25) is 0 Å². The van der Waals surface area contributed by atoms with Gasteiger partial charge in [0.25, 0.3) is 0 Å². The number of para-hydroxylation sites is 2. The van der Waals surface area contributed by atoms with E-state index in [1.807, 2.05) is 36.4 Å². The van der Waals surface area contributed by atoms with E-state index in [-0.39, 0.29) is 12.5 Å². The molecule has 0 aliphatic heterocycles. The monoisotopic (exact) mass is 425 g/mol. The number of amides is 1.